The van der Waals surface area contributed by atoms with E-state index in [0.717, 1.165) is 32.8 Å². The van der Waals surface area contributed by atoms with Crippen molar-refractivity contribution in [3.63, 3.8) is 0 Å². The molecule has 1 fully saturated rings. The molecule has 1 heterocycles. The number of methoxy groups -OCH3 is 1. The van der Waals surface area contributed by atoms with Crippen molar-refractivity contribution in [2.45, 2.75) is 20.8 Å². The number of carbonyl (C=O) groups is 1. The van der Waals surface area contributed by atoms with E-state index in [9.17, 15) is 4.79 Å². The Morgan fingerprint density at radius 1 is 1.41 bits per heavy atom. The molecule has 0 saturated carbocycles. The van der Waals surface area contributed by atoms with Crippen LogP contribution >= 0.6 is 0 Å². The lowest BCUT2D eigenvalue weighted by Gasteiger charge is -2.15. The van der Waals surface area contributed by atoms with Gasteiger partial charge < -0.3 is 9.47 Å². The van der Waals surface area contributed by atoms with Crippen LogP contribution in [0.25, 0.3) is 0 Å². The van der Waals surface area contributed by atoms with Crippen molar-refractivity contribution in [1.82, 2.24) is 4.90 Å². The van der Waals surface area contributed by atoms with Crippen molar-refractivity contribution >= 4 is 5.97 Å². The Morgan fingerprint density at radius 3 is 2.71 bits per heavy atom. The Hall–Kier alpha value is -0.610. The highest BCUT2D eigenvalue weighted by Crippen LogP contribution is 2.23. The van der Waals surface area contributed by atoms with Gasteiger partial charge in [-0.15, -0.1) is 0 Å². The van der Waals surface area contributed by atoms with Gasteiger partial charge in [0.25, 0.3) is 0 Å². The highest BCUT2D eigenvalue weighted by atomic mass is 16.5. The number of ether oxygens (including phenoxy) is 2. The van der Waals surface area contributed by atoms with Gasteiger partial charge in [0.15, 0.2) is 0 Å². The van der Waals surface area contributed by atoms with Crippen molar-refractivity contribution in [1.29, 1.82) is 0 Å². The topological polar surface area (TPSA) is 38.8 Å². The van der Waals surface area contributed by atoms with E-state index >= 15 is 0 Å². The Kier molecular flexibility index (Phi) is 5.92. The van der Waals surface area contributed by atoms with Crippen LogP contribution in [0, 0.1) is 17.8 Å². The standard InChI is InChI=1S/C13H25NO3/c1-10(2)9-17-6-5-14-7-11(3)12(8-14)13(15)16-4/h10-12H,5-9H2,1-4H3. The molecule has 2 unspecified atom stereocenters. The third-order valence-corrected chi connectivity index (χ3v) is 3.19. The van der Waals surface area contributed by atoms with E-state index in [4.69, 9.17) is 9.47 Å². The summed E-state index contributed by atoms with van der Waals surface area (Å²) in [5.74, 6) is 0.913. The van der Waals surface area contributed by atoms with Crippen LogP contribution in [0.2, 0.25) is 0 Å². The normalized spacial score (nSPS) is 25.5. The van der Waals surface area contributed by atoms with Gasteiger partial charge in [-0.3, -0.25) is 9.69 Å². The van der Waals surface area contributed by atoms with E-state index in [2.05, 4.69) is 25.7 Å². The van der Waals surface area contributed by atoms with Crippen molar-refractivity contribution in [2.75, 3.05) is 40.0 Å². The number of hydrogen-bond acceptors (Lipinski definition) is 4. The Balaban J connectivity index is 2.22. The lowest BCUT2D eigenvalue weighted by molar-refractivity contribution is -0.146. The average Bonchev–Trinajstić information content (AvgIpc) is 2.65. The third kappa shape index (κ3) is 4.64. The molecule has 0 aromatic rings. The van der Waals surface area contributed by atoms with Gasteiger partial charge >= 0.3 is 5.97 Å². The van der Waals surface area contributed by atoms with Crippen LogP contribution in [0.5, 0.6) is 0 Å². The summed E-state index contributed by atoms with van der Waals surface area (Å²) in [6.45, 7) is 10.6. The van der Waals surface area contributed by atoms with E-state index < -0.39 is 0 Å². The van der Waals surface area contributed by atoms with E-state index in [1.54, 1.807) is 0 Å². The molecule has 0 aromatic carbocycles. The Labute approximate surface area is 104 Å². The summed E-state index contributed by atoms with van der Waals surface area (Å²) in [7, 11) is 1.46. The maximum atomic E-state index is 11.5. The maximum absolute atomic E-state index is 11.5. The first kappa shape index (κ1) is 14.5. The van der Waals surface area contributed by atoms with Gasteiger partial charge in [-0.05, 0) is 11.8 Å². The van der Waals surface area contributed by atoms with Gasteiger partial charge in [0.2, 0.25) is 0 Å². The number of likely N-dealkylation sites (tertiary alicyclic amines) is 1. The number of hydrogen-bond donors (Lipinski definition) is 0. The smallest absolute Gasteiger partial charge is 0.310 e. The number of carbonyl (C=O) groups excluding carboxylic acids is 1. The fourth-order valence-electron chi connectivity index (χ4n) is 2.22. The van der Waals surface area contributed by atoms with Gasteiger partial charge in [0.1, 0.15) is 0 Å². The van der Waals surface area contributed by atoms with Crippen LogP contribution in [0.3, 0.4) is 0 Å². The van der Waals surface area contributed by atoms with Crippen LogP contribution in [0.1, 0.15) is 20.8 Å². The molecule has 0 spiro atoms. The zero-order valence-electron chi connectivity index (χ0n) is 11.4. The summed E-state index contributed by atoms with van der Waals surface area (Å²) in [5.41, 5.74) is 0. The fourth-order valence-corrected chi connectivity index (χ4v) is 2.22. The van der Waals surface area contributed by atoms with Crippen LogP contribution in [0.4, 0.5) is 0 Å². The van der Waals surface area contributed by atoms with Crippen LogP contribution in [0.15, 0.2) is 0 Å². The molecule has 0 aromatic heterocycles. The molecule has 17 heavy (non-hydrogen) atoms. The minimum atomic E-state index is -0.0805. The molecule has 0 aliphatic carbocycles. The monoisotopic (exact) mass is 243 g/mol. The van der Waals surface area contributed by atoms with Crippen molar-refractivity contribution in [3.8, 4) is 0 Å². The molecule has 4 heteroatoms. The molecule has 4 nitrogen and oxygen atoms in total. The predicted molar refractivity (Wildman–Crippen MR) is 66.8 cm³/mol. The first-order valence-electron chi connectivity index (χ1n) is 6.42. The van der Waals surface area contributed by atoms with Gasteiger partial charge in [-0.25, -0.2) is 0 Å². The lowest BCUT2D eigenvalue weighted by atomic mass is 9.99. The molecule has 1 saturated heterocycles. The molecule has 1 aliphatic heterocycles. The average molecular weight is 243 g/mol. The molecule has 2 atom stereocenters. The fraction of sp³-hybridized carbons (Fsp3) is 0.923. The van der Waals surface area contributed by atoms with Crippen molar-refractivity contribution in [2.24, 2.45) is 17.8 Å². The Bertz CT molecular complexity index is 243. The number of nitrogens with zero attached hydrogens (tertiary/aromatic N) is 1. The van der Waals surface area contributed by atoms with Crippen LogP contribution in [-0.2, 0) is 14.3 Å². The van der Waals surface area contributed by atoms with Gasteiger partial charge in [-0.1, -0.05) is 20.8 Å². The second-order valence-corrected chi connectivity index (χ2v) is 5.34. The highest BCUT2D eigenvalue weighted by molar-refractivity contribution is 5.73. The molecule has 0 N–H and O–H groups in total. The van der Waals surface area contributed by atoms with E-state index in [1.807, 2.05) is 0 Å². The largest absolute Gasteiger partial charge is 0.469 e. The molecule has 1 rings (SSSR count). The quantitative estimate of drug-likeness (QED) is 0.522. The third-order valence-electron chi connectivity index (χ3n) is 3.19. The van der Waals surface area contributed by atoms with E-state index in [0.29, 0.717) is 11.8 Å². The summed E-state index contributed by atoms with van der Waals surface area (Å²) in [6, 6.07) is 0. The second kappa shape index (κ2) is 6.97. The zero-order chi connectivity index (χ0) is 12.8. The summed E-state index contributed by atoms with van der Waals surface area (Å²) in [6.07, 6.45) is 0. The Morgan fingerprint density at radius 2 is 2.12 bits per heavy atom. The van der Waals surface area contributed by atoms with E-state index in [1.165, 1.54) is 7.11 Å². The molecular formula is C13H25NO3. The lowest BCUT2D eigenvalue weighted by Crippen LogP contribution is -2.27. The van der Waals surface area contributed by atoms with Crippen LogP contribution < -0.4 is 0 Å². The zero-order valence-corrected chi connectivity index (χ0v) is 11.4. The van der Waals surface area contributed by atoms with E-state index in [-0.39, 0.29) is 11.9 Å². The van der Waals surface area contributed by atoms with Gasteiger partial charge in [-0.2, -0.15) is 0 Å². The predicted octanol–water partition coefficient (Wildman–Crippen LogP) is 1.40. The first-order valence-corrected chi connectivity index (χ1v) is 6.42. The first-order chi connectivity index (χ1) is 8.04. The SMILES string of the molecule is COC(=O)C1CN(CCOCC(C)C)CC1C. The number of rotatable bonds is 6. The molecule has 100 valence electrons. The number of esters is 1. The minimum absolute atomic E-state index is 0.0325. The van der Waals surface area contributed by atoms with Crippen molar-refractivity contribution < 1.29 is 14.3 Å². The summed E-state index contributed by atoms with van der Waals surface area (Å²) < 4.78 is 10.4. The summed E-state index contributed by atoms with van der Waals surface area (Å²) >= 11 is 0. The molecule has 0 radical (unpaired) electrons. The molecule has 0 bridgehead atoms. The minimum Gasteiger partial charge on any atom is -0.469 e. The summed E-state index contributed by atoms with van der Waals surface area (Å²) in [4.78, 5) is 13.8. The maximum Gasteiger partial charge on any atom is 0.310 e. The highest BCUT2D eigenvalue weighted by Gasteiger charge is 2.35. The second-order valence-electron chi connectivity index (χ2n) is 5.34. The van der Waals surface area contributed by atoms with Gasteiger partial charge in [0.05, 0.1) is 19.6 Å². The van der Waals surface area contributed by atoms with Crippen molar-refractivity contribution in [3.05, 3.63) is 0 Å². The molecule has 0 amide bonds. The molecular weight excluding hydrogens is 218 g/mol. The molecule has 1 aliphatic rings. The van der Waals surface area contributed by atoms with Gasteiger partial charge in [0, 0.05) is 26.2 Å². The summed E-state index contributed by atoms with van der Waals surface area (Å²) in [5, 5.41) is 0. The van der Waals surface area contributed by atoms with Crippen LogP contribution in [-0.4, -0.2) is 50.8 Å².